The molecule has 0 amide bonds. The van der Waals surface area contributed by atoms with E-state index in [0.717, 1.165) is 12.4 Å². The number of aliphatic imine (C=N–C) groups is 1. The van der Waals surface area contributed by atoms with Gasteiger partial charge in [-0.2, -0.15) is 0 Å². The fourth-order valence-corrected chi connectivity index (χ4v) is 2.89. The average Bonchev–Trinajstić information content (AvgIpc) is 3.07. The number of fused-ring (bicyclic) bond motifs is 1. The van der Waals surface area contributed by atoms with Gasteiger partial charge in [0.25, 0.3) is 0 Å². The van der Waals surface area contributed by atoms with Crippen LogP contribution in [0.15, 0.2) is 53.8 Å². The third-order valence-corrected chi connectivity index (χ3v) is 4.52. The topological polar surface area (TPSA) is 120 Å². The molecule has 4 heterocycles. The minimum absolute atomic E-state index is 0.256. The number of imidazole rings is 1. The molecule has 0 fully saturated rings. The molecule has 0 spiro atoms. The van der Waals surface area contributed by atoms with E-state index < -0.39 is 23.2 Å². The third kappa shape index (κ3) is 2.79. The van der Waals surface area contributed by atoms with Crippen molar-refractivity contribution in [3.63, 3.8) is 0 Å². The molecule has 10 heteroatoms. The van der Waals surface area contributed by atoms with Crippen molar-refractivity contribution in [2.24, 2.45) is 16.5 Å². The predicted octanol–water partition coefficient (Wildman–Crippen LogP) is 1.01. The Labute approximate surface area is 152 Å². The fraction of sp³-hybridized carbons (Fsp3) is 0.176. The van der Waals surface area contributed by atoms with Crippen LogP contribution in [0, 0.1) is 11.6 Å². The van der Waals surface area contributed by atoms with Crippen molar-refractivity contribution in [2.75, 3.05) is 0 Å². The molecule has 1 aliphatic rings. The summed E-state index contributed by atoms with van der Waals surface area (Å²) in [6.45, 7) is 1.74. The molecule has 1 aliphatic heterocycles. The highest BCUT2D eigenvalue weighted by atomic mass is 19.1. The van der Waals surface area contributed by atoms with Crippen molar-refractivity contribution in [2.45, 2.75) is 18.5 Å². The van der Waals surface area contributed by atoms with E-state index >= 15 is 0 Å². The maximum absolute atomic E-state index is 13.6. The van der Waals surface area contributed by atoms with E-state index in [1.54, 1.807) is 23.6 Å². The van der Waals surface area contributed by atoms with Crippen LogP contribution in [0.5, 0.6) is 0 Å². The van der Waals surface area contributed by atoms with Crippen molar-refractivity contribution in [1.82, 2.24) is 24.7 Å². The number of nitrogens with two attached hydrogens (primary N) is 2. The van der Waals surface area contributed by atoms with Crippen molar-refractivity contribution in [3.8, 4) is 0 Å². The molecule has 0 saturated carbocycles. The van der Waals surface area contributed by atoms with E-state index in [-0.39, 0.29) is 5.70 Å². The Morgan fingerprint density at radius 3 is 2.59 bits per heavy atom. The van der Waals surface area contributed by atoms with Gasteiger partial charge in [0.05, 0.1) is 30.2 Å². The van der Waals surface area contributed by atoms with Crippen LogP contribution in [-0.4, -0.2) is 30.9 Å². The normalized spacial score (nSPS) is 20.7. The molecule has 0 aliphatic carbocycles. The summed E-state index contributed by atoms with van der Waals surface area (Å²) in [5.74, 6) is -0.867. The van der Waals surface area contributed by atoms with Gasteiger partial charge in [-0.05, 0) is 12.1 Å². The lowest BCUT2D eigenvalue weighted by Gasteiger charge is -2.34. The molecule has 5 N–H and O–H groups in total. The summed E-state index contributed by atoms with van der Waals surface area (Å²) in [7, 11) is 0. The van der Waals surface area contributed by atoms with Crippen LogP contribution in [0.4, 0.5) is 8.78 Å². The van der Waals surface area contributed by atoms with Gasteiger partial charge < -0.3 is 16.8 Å². The summed E-state index contributed by atoms with van der Waals surface area (Å²) in [5, 5.41) is 2.95. The molecule has 0 aromatic carbocycles. The van der Waals surface area contributed by atoms with Crippen LogP contribution in [0.3, 0.4) is 0 Å². The van der Waals surface area contributed by atoms with Crippen LogP contribution >= 0.6 is 0 Å². The highest BCUT2D eigenvalue weighted by molar-refractivity contribution is 5.99. The van der Waals surface area contributed by atoms with Crippen LogP contribution < -0.4 is 16.8 Å². The second kappa shape index (κ2) is 6.09. The Morgan fingerprint density at radius 2 is 1.85 bits per heavy atom. The van der Waals surface area contributed by atoms with Gasteiger partial charge in [-0.1, -0.05) is 6.92 Å². The number of rotatable bonds is 3. The summed E-state index contributed by atoms with van der Waals surface area (Å²) >= 11 is 0. The Morgan fingerprint density at radius 1 is 1.11 bits per heavy atom. The SMILES string of the molecule is CC(c1ncc(F)cn1)[C@@]1(N)N=C(c2cnc3ccc(F)cn23)NC=C1N. The van der Waals surface area contributed by atoms with Crippen molar-refractivity contribution < 1.29 is 8.78 Å². The minimum atomic E-state index is -1.38. The number of hydrogen-bond donors (Lipinski definition) is 3. The van der Waals surface area contributed by atoms with E-state index in [0.29, 0.717) is 23.0 Å². The first-order valence-corrected chi connectivity index (χ1v) is 8.10. The second-order valence-corrected chi connectivity index (χ2v) is 6.23. The maximum Gasteiger partial charge on any atom is 0.161 e. The minimum Gasteiger partial charge on any atom is -0.398 e. The largest absolute Gasteiger partial charge is 0.398 e. The van der Waals surface area contributed by atoms with E-state index in [1.165, 1.54) is 18.5 Å². The summed E-state index contributed by atoms with van der Waals surface area (Å²) in [6.07, 6.45) is 6.48. The third-order valence-electron chi connectivity index (χ3n) is 4.52. The summed E-state index contributed by atoms with van der Waals surface area (Å²) < 4.78 is 28.3. The molecule has 4 rings (SSSR count). The molecule has 138 valence electrons. The van der Waals surface area contributed by atoms with Gasteiger partial charge in [-0.3, -0.25) is 4.40 Å². The molecule has 0 bridgehead atoms. The highest BCUT2D eigenvalue weighted by Crippen LogP contribution is 2.31. The Bertz CT molecular complexity index is 1070. The number of amidine groups is 1. The second-order valence-electron chi connectivity index (χ2n) is 6.23. The van der Waals surface area contributed by atoms with Gasteiger partial charge in [-0.15, -0.1) is 0 Å². The van der Waals surface area contributed by atoms with Crippen molar-refractivity contribution >= 4 is 11.5 Å². The molecular weight excluding hydrogens is 354 g/mol. The quantitative estimate of drug-likeness (QED) is 0.633. The Kier molecular flexibility index (Phi) is 3.84. The summed E-state index contributed by atoms with van der Waals surface area (Å²) in [4.78, 5) is 16.7. The molecule has 8 nitrogen and oxygen atoms in total. The monoisotopic (exact) mass is 370 g/mol. The average molecular weight is 370 g/mol. The smallest absolute Gasteiger partial charge is 0.161 e. The molecule has 27 heavy (non-hydrogen) atoms. The lowest BCUT2D eigenvalue weighted by Crippen LogP contribution is -2.52. The molecular formula is C17H16F2N8. The van der Waals surface area contributed by atoms with E-state index in [9.17, 15) is 8.78 Å². The van der Waals surface area contributed by atoms with Crippen LogP contribution in [0.2, 0.25) is 0 Å². The zero-order chi connectivity index (χ0) is 19.2. The van der Waals surface area contributed by atoms with Gasteiger partial charge in [0.1, 0.15) is 23.0 Å². The fourth-order valence-electron chi connectivity index (χ4n) is 2.89. The summed E-state index contributed by atoms with van der Waals surface area (Å²) in [6, 6.07) is 2.87. The van der Waals surface area contributed by atoms with Crippen molar-refractivity contribution in [3.05, 3.63) is 72.0 Å². The van der Waals surface area contributed by atoms with Gasteiger partial charge in [0, 0.05) is 12.4 Å². The predicted molar refractivity (Wildman–Crippen MR) is 94.4 cm³/mol. The number of nitrogens with one attached hydrogen (secondary N) is 1. The number of aromatic nitrogens is 4. The molecule has 0 saturated heterocycles. The van der Waals surface area contributed by atoms with Gasteiger partial charge in [0.2, 0.25) is 0 Å². The van der Waals surface area contributed by atoms with E-state index in [4.69, 9.17) is 11.5 Å². The lowest BCUT2D eigenvalue weighted by molar-refractivity contribution is 0.411. The first-order chi connectivity index (χ1) is 12.9. The van der Waals surface area contributed by atoms with Crippen LogP contribution in [-0.2, 0) is 0 Å². The number of hydrogen-bond acceptors (Lipinski definition) is 7. The van der Waals surface area contributed by atoms with Gasteiger partial charge in [0.15, 0.2) is 17.3 Å². The first kappa shape index (κ1) is 17.0. The standard InChI is InChI=1S/C17H16F2N8/c1-9(15-23-4-11(19)5-24-15)17(21)13(20)7-25-16(26-17)12-6-22-14-3-2-10(18)8-27(12)14/h2-9H,20-21H2,1H3,(H,25,26)/t9?,17-/m1/s1. The number of nitrogens with zero attached hydrogens (tertiary/aromatic N) is 5. The zero-order valence-corrected chi connectivity index (χ0v) is 14.3. The molecule has 1 unspecified atom stereocenters. The molecule has 0 radical (unpaired) electrons. The van der Waals surface area contributed by atoms with E-state index in [2.05, 4.69) is 25.3 Å². The molecule has 3 aromatic heterocycles. The van der Waals surface area contributed by atoms with Crippen molar-refractivity contribution in [1.29, 1.82) is 0 Å². The number of pyridine rings is 1. The number of halogens is 2. The van der Waals surface area contributed by atoms with Crippen LogP contribution in [0.1, 0.15) is 24.4 Å². The Balaban J connectivity index is 1.79. The zero-order valence-electron chi connectivity index (χ0n) is 14.3. The van der Waals surface area contributed by atoms with E-state index in [1.807, 2.05) is 0 Å². The highest BCUT2D eigenvalue weighted by Gasteiger charge is 2.40. The summed E-state index contributed by atoms with van der Waals surface area (Å²) in [5.41, 5.74) is 12.5. The molecule has 2 atom stereocenters. The molecule has 3 aromatic rings. The first-order valence-electron chi connectivity index (χ1n) is 8.10. The van der Waals surface area contributed by atoms with Gasteiger partial charge in [-0.25, -0.2) is 28.7 Å². The maximum atomic E-state index is 13.6. The van der Waals surface area contributed by atoms with Gasteiger partial charge >= 0.3 is 0 Å². The Hall–Kier alpha value is -3.40. The lowest BCUT2D eigenvalue weighted by atomic mass is 9.90. The van der Waals surface area contributed by atoms with Crippen LogP contribution in [0.25, 0.3) is 5.65 Å².